The van der Waals surface area contributed by atoms with Crippen LogP contribution in [0.15, 0.2) is 18.2 Å². The third-order valence-corrected chi connectivity index (χ3v) is 2.73. The molecular weight excluding hydrogens is 236 g/mol. The Labute approximate surface area is 108 Å². The van der Waals surface area contributed by atoms with E-state index in [0.717, 1.165) is 38.2 Å². The first-order valence-corrected chi connectivity index (χ1v) is 6.47. The van der Waals surface area contributed by atoms with E-state index in [2.05, 4.69) is 5.32 Å². The third-order valence-electron chi connectivity index (χ3n) is 2.43. The minimum Gasteiger partial charge on any atom is -0.492 e. The molecular formula is C13H21ClN2O. The molecule has 3 N–H and O–H groups in total. The van der Waals surface area contributed by atoms with Gasteiger partial charge in [-0.2, -0.15) is 0 Å². The minimum atomic E-state index is 0.635. The highest BCUT2D eigenvalue weighted by atomic mass is 35.5. The van der Waals surface area contributed by atoms with Gasteiger partial charge in [-0.3, -0.25) is 0 Å². The number of ether oxygens (including phenoxy) is 1. The van der Waals surface area contributed by atoms with Crippen LogP contribution in [0.1, 0.15) is 25.3 Å². The van der Waals surface area contributed by atoms with Crippen molar-refractivity contribution in [3.8, 4) is 5.75 Å². The number of halogens is 1. The van der Waals surface area contributed by atoms with Gasteiger partial charge in [-0.05, 0) is 50.6 Å². The Morgan fingerprint density at radius 1 is 1.35 bits per heavy atom. The summed E-state index contributed by atoms with van der Waals surface area (Å²) >= 11 is 6.10. The fraction of sp³-hybridized carbons (Fsp3) is 0.538. The molecule has 17 heavy (non-hydrogen) atoms. The molecule has 0 aliphatic heterocycles. The second-order valence-corrected chi connectivity index (χ2v) is 4.28. The number of hydrogen-bond acceptors (Lipinski definition) is 3. The van der Waals surface area contributed by atoms with E-state index in [1.807, 2.05) is 25.1 Å². The van der Waals surface area contributed by atoms with Crippen LogP contribution in [-0.4, -0.2) is 19.7 Å². The Morgan fingerprint density at radius 2 is 2.18 bits per heavy atom. The largest absolute Gasteiger partial charge is 0.492 e. The SMILES string of the molecule is CCOc1ccc(CNCCCCN)cc1Cl. The summed E-state index contributed by atoms with van der Waals surface area (Å²) < 4.78 is 5.38. The second-order valence-electron chi connectivity index (χ2n) is 3.87. The topological polar surface area (TPSA) is 47.3 Å². The van der Waals surface area contributed by atoms with Gasteiger partial charge in [0.25, 0.3) is 0 Å². The van der Waals surface area contributed by atoms with Crippen molar-refractivity contribution in [3.05, 3.63) is 28.8 Å². The van der Waals surface area contributed by atoms with E-state index >= 15 is 0 Å². The molecule has 96 valence electrons. The van der Waals surface area contributed by atoms with Crippen LogP contribution < -0.4 is 15.8 Å². The molecule has 0 saturated carbocycles. The summed E-state index contributed by atoms with van der Waals surface area (Å²) in [6.45, 7) is 5.16. The van der Waals surface area contributed by atoms with Crippen LogP contribution in [0.2, 0.25) is 5.02 Å². The number of benzene rings is 1. The highest BCUT2D eigenvalue weighted by Crippen LogP contribution is 2.25. The van der Waals surface area contributed by atoms with Gasteiger partial charge < -0.3 is 15.8 Å². The van der Waals surface area contributed by atoms with Crippen molar-refractivity contribution in [1.82, 2.24) is 5.32 Å². The Hall–Kier alpha value is -0.770. The first-order chi connectivity index (χ1) is 8.27. The molecule has 3 nitrogen and oxygen atoms in total. The minimum absolute atomic E-state index is 0.635. The molecule has 1 aromatic carbocycles. The summed E-state index contributed by atoms with van der Waals surface area (Å²) in [5, 5.41) is 4.03. The van der Waals surface area contributed by atoms with Crippen LogP contribution in [0.5, 0.6) is 5.75 Å². The van der Waals surface area contributed by atoms with Crippen molar-refractivity contribution in [3.63, 3.8) is 0 Å². The lowest BCUT2D eigenvalue weighted by Gasteiger charge is -2.08. The standard InChI is InChI=1S/C13H21ClN2O/c1-2-17-13-6-5-11(9-12(13)14)10-16-8-4-3-7-15/h5-6,9,16H,2-4,7-8,10,15H2,1H3. The normalized spacial score (nSPS) is 10.5. The van der Waals surface area contributed by atoms with Crippen LogP contribution in [0.4, 0.5) is 0 Å². The summed E-state index contributed by atoms with van der Waals surface area (Å²) in [4.78, 5) is 0. The van der Waals surface area contributed by atoms with Crippen LogP contribution >= 0.6 is 11.6 Å². The number of rotatable bonds is 8. The van der Waals surface area contributed by atoms with Crippen LogP contribution in [-0.2, 0) is 6.54 Å². The summed E-state index contributed by atoms with van der Waals surface area (Å²) in [6.07, 6.45) is 2.18. The lowest BCUT2D eigenvalue weighted by atomic mass is 10.2. The third kappa shape index (κ3) is 5.39. The van der Waals surface area contributed by atoms with Crippen molar-refractivity contribution in [2.24, 2.45) is 5.73 Å². The maximum atomic E-state index is 6.10. The average Bonchev–Trinajstić information content (AvgIpc) is 2.32. The summed E-state index contributed by atoms with van der Waals surface area (Å²) in [6, 6.07) is 5.90. The zero-order valence-corrected chi connectivity index (χ0v) is 11.1. The Kier molecular flexibility index (Phi) is 7.01. The summed E-state index contributed by atoms with van der Waals surface area (Å²) in [5.74, 6) is 0.751. The van der Waals surface area contributed by atoms with Crippen LogP contribution in [0, 0.1) is 0 Å². The van der Waals surface area contributed by atoms with Gasteiger partial charge >= 0.3 is 0 Å². The summed E-state index contributed by atoms with van der Waals surface area (Å²) in [5.41, 5.74) is 6.60. The molecule has 0 bridgehead atoms. The molecule has 0 saturated heterocycles. The van der Waals surface area contributed by atoms with E-state index in [1.165, 1.54) is 5.56 Å². The van der Waals surface area contributed by atoms with E-state index in [9.17, 15) is 0 Å². The van der Waals surface area contributed by atoms with Crippen LogP contribution in [0.3, 0.4) is 0 Å². The zero-order chi connectivity index (χ0) is 12.5. The Morgan fingerprint density at radius 3 is 2.82 bits per heavy atom. The molecule has 0 aromatic heterocycles. The van der Waals surface area contributed by atoms with Crippen molar-refractivity contribution in [2.45, 2.75) is 26.3 Å². The van der Waals surface area contributed by atoms with Gasteiger partial charge in [0.15, 0.2) is 0 Å². The molecule has 0 spiro atoms. The first-order valence-electron chi connectivity index (χ1n) is 6.10. The molecule has 0 heterocycles. The molecule has 0 unspecified atom stereocenters. The molecule has 1 rings (SSSR count). The molecule has 4 heteroatoms. The molecule has 0 atom stereocenters. The van der Waals surface area contributed by atoms with Gasteiger partial charge in [0, 0.05) is 6.54 Å². The average molecular weight is 257 g/mol. The molecule has 1 aromatic rings. The van der Waals surface area contributed by atoms with Crippen LogP contribution in [0.25, 0.3) is 0 Å². The van der Waals surface area contributed by atoms with Gasteiger partial charge in [-0.25, -0.2) is 0 Å². The smallest absolute Gasteiger partial charge is 0.137 e. The number of unbranched alkanes of at least 4 members (excludes halogenated alkanes) is 1. The van der Waals surface area contributed by atoms with Gasteiger partial charge in [0.05, 0.1) is 11.6 Å². The van der Waals surface area contributed by atoms with Gasteiger partial charge in [-0.15, -0.1) is 0 Å². The van der Waals surface area contributed by atoms with Crippen molar-refractivity contribution < 1.29 is 4.74 Å². The highest BCUT2D eigenvalue weighted by molar-refractivity contribution is 6.32. The van der Waals surface area contributed by atoms with E-state index < -0.39 is 0 Å². The van der Waals surface area contributed by atoms with Crippen molar-refractivity contribution in [1.29, 1.82) is 0 Å². The number of hydrogen-bond donors (Lipinski definition) is 2. The Balaban J connectivity index is 2.36. The molecule has 0 amide bonds. The second kappa shape index (κ2) is 8.34. The number of nitrogens with two attached hydrogens (primary N) is 1. The lowest BCUT2D eigenvalue weighted by molar-refractivity contribution is 0.340. The predicted octanol–water partition coefficient (Wildman–Crippen LogP) is 2.57. The lowest BCUT2D eigenvalue weighted by Crippen LogP contribution is -2.15. The first kappa shape index (κ1) is 14.3. The maximum Gasteiger partial charge on any atom is 0.137 e. The van der Waals surface area contributed by atoms with Gasteiger partial charge in [0.2, 0.25) is 0 Å². The maximum absolute atomic E-state index is 6.10. The van der Waals surface area contributed by atoms with E-state index in [0.29, 0.717) is 11.6 Å². The quantitative estimate of drug-likeness (QED) is 0.703. The summed E-state index contributed by atoms with van der Waals surface area (Å²) in [7, 11) is 0. The number of nitrogens with one attached hydrogen (secondary N) is 1. The molecule has 0 fully saturated rings. The van der Waals surface area contributed by atoms with Crippen molar-refractivity contribution in [2.75, 3.05) is 19.7 Å². The van der Waals surface area contributed by atoms with E-state index in [-0.39, 0.29) is 0 Å². The van der Waals surface area contributed by atoms with Crippen molar-refractivity contribution >= 4 is 11.6 Å². The van der Waals surface area contributed by atoms with E-state index in [1.54, 1.807) is 0 Å². The fourth-order valence-electron chi connectivity index (χ4n) is 1.55. The predicted molar refractivity (Wildman–Crippen MR) is 72.6 cm³/mol. The van der Waals surface area contributed by atoms with Gasteiger partial charge in [0.1, 0.15) is 5.75 Å². The highest BCUT2D eigenvalue weighted by Gasteiger charge is 2.02. The molecule has 0 radical (unpaired) electrons. The van der Waals surface area contributed by atoms with Gasteiger partial charge in [-0.1, -0.05) is 17.7 Å². The molecule has 0 aliphatic rings. The molecule has 0 aliphatic carbocycles. The fourth-order valence-corrected chi connectivity index (χ4v) is 1.81. The van der Waals surface area contributed by atoms with E-state index in [4.69, 9.17) is 22.1 Å². The Bertz CT molecular complexity index is 331. The monoisotopic (exact) mass is 256 g/mol. The zero-order valence-electron chi connectivity index (χ0n) is 10.3.